The molecular formula is C20H28N4O2S. The van der Waals surface area contributed by atoms with Gasteiger partial charge in [0.2, 0.25) is 0 Å². The van der Waals surface area contributed by atoms with Crippen LogP contribution < -0.4 is 9.47 Å². The summed E-state index contributed by atoms with van der Waals surface area (Å²) in [4.78, 5) is 2.40. The predicted molar refractivity (Wildman–Crippen MR) is 107 cm³/mol. The predicted octanol–water partition coefficient (Wildman–Crippen LogP) is 3.64. The van der Waals surface area contributed by atoms with Gasteiger partial charge in [0, 0.05) is 26.1 Å². The molecular weight excluding hydrogens is 360 g/mol. The molecule has 1 aromatic heterocycles. The van der Waals surface area contributed by atoms with Crippen LogP contribution in [0, 0.1) is 4.77 Å². The molecule has 2 aliphatic rings. The highest BCUT2D eigenvalue weighted by Crippen LogP contribution is 2.39. The summed E-state index contributed by atoms with van der Waals surface area (Å²) in [5.41, 5.74) is 2.65. The molecule has 2 aromatic rings. The summed E-state index contributed by atoms with van der Waals surface area (Å²) in [7, 11) is 2.04. The van der Waals surface area contributed by atoms with Crippen molar-refractivity contribution >= 4 is 12.2 Å². The standard InChI is InChI=1S/C20H28N4O2S/c1-4-25-17-10-15-8-9-23(12-16(15)11-18(17)26-5-2)13-24-20(27)22(3)19(21-24)14-6-7-14/h10-11,14H,4-9,12-13H2,1-3H3. The van der Waals surface area contributed by atoms with E-state index in [1.807, 2.05) is 25.6 Å². The summed E-state index contributed by atoms with van der Waals surface area (Å²) < 4.78 is 16.4. The van der Waals surface area contributed by atoms with Crippen molar-refractivity contribution in [2.45, 2.75) is 52.2 Å². The Morgan fingerprint density at radius 1 is 1.11 bits per heavy atom. The second kappa shape index (κ2) is 7.64. The van der Waals surface area contributed by atoms with Gasteiger partial charge in [0.1, 0.15) is 5.82 Å². The van der Waals surface area contributed by atoms with Crippen molar-refractivity contribution in [3.05, 3.63) is 33.9 Å². The Kier molecular flexibility index (Phi) is 5.23. The molecule has 1 aromatic carbocycles. The lowest BCUT2D eigenvalue weighted by Crippen LogP contribution is -2.33. The third kappa shape index (κ3) is 3.75. The van der Waals surface area contributed by atoms with Gasteiger partial charge in [-0.1, -0.05) is 0 Å². The largest absolute Gasteiger partial charge is 0.490 e. The lowest BCUT2D eigenvalue weighted by Gasteiger charge is -2.29. The quantitative estimate of drug-likeness (QED) is 0.678. The van der Waals surface area contributed by atoms with Gasteiger partial charge in [0.05, 0.1) is 19.9 Å². The first-order valence-corrected chi connectivity index (χ1v) is 10.3. The first-order chi connectivity index (χ1) is 13.1. The van der Waals surface area contributed by atoms with Gasteiger partial charge in [-0.15, -0.1) is 0 Å². The van der Waals surface area contributed by atoms with E-state index in [1.54, 1.807) is 0 Å². The highest BCUT2D eigenvalue weighted by Gasteiger charge is 2.29. The molecule has 4 rings (SSSR count). The molecule has 1 aliphatic carbocycles. The van der Waals surface area contributed by atoms with Gasteiger partial charge in [-0.25, -0.2) is 4.68 Å². The van der Waals surface area contributed by atoms with E-state index < -0.39 is 0 Å². The first-order valence-electron chi connectivity index (χ1n) is 9.88. The van der Waals surface area contributed by atoms with Gasteiger partial charge < -0.3 is 14.0 Å². The summed E-state index contributed by atoms with van der Waals surface area (Å²) in [6, 6.07) is 4.29. The van der Waals surface area contributed by atoms with E-state index in [1.165, 1.54) is 24.0 Å². The zero-order valence-electron chi connectivity index (χ0n) is 16.4. The smallest absolute Gasteiger partial charge is 0.198 e. The van der Waals surface area contributed by atoms with Crippen LogP contribution in [0.2, 0.25) is 0 Å². The third-order valence-electron chi connectivity index (χ3n) is 5.31. The number of aromatic nitrogens is 3. The summed E-state index contributed by atoms with van der Waals surface area (Å²) in [5.74, 6) is 3.43. The van der Waals surface area contributed by atoms with Crippen LogP contribution in [-0.4, -0.2) is 39.0 Å². The van der Waals surface area contributed by atoms with Crippen molar-refractivity contribution in [2.24, 2.45) is 7.05 Å². The maximum Gasteiger partial charge on any atom is 0.198 e. The molecule has 7 heteroatoms. The lowest BCUT2D eigenvalue weighted by molar-refractivity contribution is 0.186. The molecule has 0 radical (unpaired) electrons. The molecule has 0 N–H and O–H groups in total. The average Bonchev–Trinajstić information content (AvgIpc) is 3.46. The Morgan fingerprint density at radius 3 is 2.41 bits per heavy atom. The molecule has 0 unspecified atom stereocenters. The maximum atomic E-state index is 5.80. The van der Waals surface area contributed by atoms with Crippen molar-refractivity contribution in [2.75, 3.05) is 19.8 Å². The molecule has 0 atom stereocenters. The molecule has 27 heavy (non-hydrogen) atoms. The molecule has 1 saturated carbocycles. The molecule has 1 fully saturated rings. The summed E-state index contributed by atoms with van der Waals surface area (Å²) in [6.07, 6.45) is 3.47. The fourth-order valence-corrected chi connectivity index (χ4v) is 3.96. The van der Waals surface area contributed by atoms with E-state index in [0.29, 0.717) is 19.1 Å². The number of rotatable bonds is 7. The Balaban J connectivity index is 1.53. The molecule has 0 bridgehead atoms. The van der Waals surface area contributed by atoms with E-state index >= 15 is 0 Å². The number of hydrogen-bond acceptors (Lipinski definition) is 5. The van der Waals surface area contributed by atoms with E-state index in [-0.39, 0.29) is 0 Å². The van der Waals surface area contributed by atoms with Crippen molar-refractivity contribution in [3.63, 3.8) is 0 Å². The summed E-state index contributed by atoms with van der Waals surface area (Å²) >= 11 is 5.61. The Labute approximate surface area is 165 Å². The minimum atomic E-state index is 0.603. The number of fused-ring (bicyclic) bond motifs is 1. The van der Waals surface area contributed by atoms with Crippen LogP contribution in [0.1, 0.15) is 49.6 Å². The molecule has 6 nitrogen and oxygen atoms in total. The van der Waals surface area contributed by atoms with Gasteiger partial charge in [-0.2, -0.15) is 5.10 Å². The SMILES string of the molecule is CCOc1cc2c(cc1OCC)CN(Cn1nc(C3CC3)n(C)c1=S)CC2. The minimum Gasteiger partial charge on any atom is -0.490 e. The van der Waals surface area contributed by atoms with Crippen LogP contribution in [0.25, 0.3) is 0 Å². The summed E-state index contributed by atoms with van der Waals surface area (Å²) in [5, 5.41) is 4.80. The fourth-order valence-electron chi connectivity index (χ4n) is 3.76. The topological polar surface area (TPSA) is 44.5 Å². The normalized spacial score (nSPS) is 17.0. The monoisotopic (exact) mass is 388 g/mol. The van der Waals surface area contributed by atoms with Crippen LogP contribution in [-0.2, 0) is 26.7 Å². The van der Waals surface area contributed by atoms with Gasteiger partial charge in [-0.05, 0) is 68.6 Å². The maximum absolute atomic E-state index is 5.80. The molecule has 0 spiro atoms. The molecule has 0 amide bonds. The fraction of sp³-hybridized carbons (Fsp3) is 0.600. The van der Waals surface area contributed by atoms with Gasteiger partial charge in [0.15, 0.2) is 16.3 Å². The highest BCUT2D eigenvalue weighted by molar-refractivity contribution is 7.71. The van der Waals surface area contributed by atoms with Crippen LogP contribution in [0.15, 0.2) is 12.1 Å². The van der Waals surface area contributed by atoms with Crippen molar-refractivity contribution in [3.8, 4) is 11.5 Å². The van der Waals surface area contributed by atoms with E-state index in [0.717, 1.165) is 48.3 Å². The van der Waals surface area contributed by atoms with Crippen LogP contribution in [0.4, 0.5) is 0 Å². The Bertz CT molecular complexity index is 885. The third-order valence-corrected chi connectivity index (χ3v) is 5.79. The second-order valence-corrected chi connectivity index (χ2v) is 7.72. The number of benzene rings is 1. The minimum absolute atomic E-state index is 0.603. The lowest BCUT2D eigenvalue weighted by atomic mass is 9.99. The Morgan fingerprint density at radius 2 is 1.78 bits per heavy atom. The molecule has 0 saturated heterocycles. The van der Waals surface area contributed by atoms with Crippen LogP contribution in [0.3, 0.4) is 0 Å². The second-order valence-electron chi connectivity index (χ2n) is 7.35. The van der Waals surface area contributed by atoms with Crippen molar-refractivity contribution < 1.29 is 9.47 Å². The van der Waals surface area contributed by atoms with Gasteiger partial charge in [-0.3, -0.25) is 4.90 Å². The number of hydrogen-bond donors (Lipinski definition) is 0. The highest BCUT2D eigenvalue weighted by atomic mass is 32.1. The van der Waals surface area contributed by atoms with E-state index in [4.69, 9.17) is 26.8 Å². The van der Waals surface area contributed by atoms with E-state index in [9.17, 15) is 0 Å². The van der Waals surface area contributed by atoms with Crippen LogP contribution in [0.5, 0.6) is 11.5 Å². The number of ether oxygens (including phenoxy) is 2. The van der Waals surface area contributed by atoms with Gasteiger partial charge in [0.25, 0.3) is 0 Å². The summed E-state index contributed by atoms with van der Waals surface area (Å²) in [6.45, 7) is 7.88. The van der Waals surface area contributed by atoms with Crippen molar-refractivity contribution in [1.82, 2.24) is 19.2 Å². The van der Waals surface area contributed by atoms with E-state index in [2.05, 4.69) is 21.6 Å². The Hall–Kier alpha value is -1.86. The van der Waals surface area contributed by atoms with Crippen LogP contribution >= 0.6 is 12.2 Å². The first kappa shape index (κ1) is 18.5. The number of nitrogens with zero attached hydrogens (tertiary/aromatic N) is 4. The molecule has 1 aliphatic heterocycles. The molecule has 2 heterocycles. The average molecular weight is 389 g/mol. The molecule has 146 valence electrons. The van der Waals surface area contributed by atoms with Gasteiger partial charge >= 0.3 is 0 Å². The zero-order valence-corrected chi connectivity index (χ0v) is 17.2. The zero-order chi connectivity index (χ0) is 19.0. The van der Waals surface area contributed by atoms with Crippen molar-refractivity contribution in [1.29, 1.82) is 0 Å².